The average molecular weight is 915 g/mol. The summed E-state index contributed by atoms with van der Waals surface area (Å²) in [6.45, 7) is 6.32. The maximum atomic E-state index is 12.8. The lowest BCUT2D eigenvalue weighted by Crippen LogP contribution is -2.30. The molecule has 0 rings (SSSR count). The predicted molar refractivity (Wildman–Crippen MR) is 283 cm³/mol. The summed E-state index contributed by atoms with van der Waals surface area (Å²) in [7, 11) is 0. The van der Waals surface area contributed by atoms with Gasteiger partial charge in [0.05, 0.1) is 0 Å². The van der Waals surface area contributed by atoms with Gasteiger partial charge in [-0.3, -0.25) is 14.4 Å². The highest BCUT2D eigenvalue weighted by Gasteiger charge is 2.19. The van der Waals surface area contributed by atoms with E-state index in [0.717, 1.165) is 122 Å². The van der Waals surface area contributed by atoms with Gasteiger partial charge in [-0.1, -0.05) is 214 Å². The maximum Gasteiger partial charge on any atom is 0.306 e. The van der Waals surface area contributed by atoms with Crippen molar-refractivity contribution in [2.75, 3.05) is 13.2 Å². The Hall–Kier alpha value is -3.93. The van der Waals surface area contributed by atoms with Crippen LogP contribution in [0.5, 0.6) is 0 Å². The molecule has 0 aliphatic carbocycles. The van der Waals surface area contributed by atoms with Gasteiger partial charge < -0.3 is 14.2 Å². The van der Waals surface area contributed by atoms with Crippen LogP contribution < -0.4 is 0 Å². The Morgan fingerprint density at radius 3 is 1.08 bits per heavy atom. The van der Waals surface area contributed by atoms with Crippen LogP contribution in [0.4, 0.5) is 0 Å². The first-order valence-electron chi connectivity index (χ1n) is 26.9. The van der Waals surface area contributed by atoms with Crippen molar-refractivity contribution in [1.82, 2.24) is 0 Å². The standard InChI is InChI=1S/C60H98O6/c1-4-7-10-13-16-19-22-24-26-28-30-32-33-35-38-41-44-47-50-53-59(62)65-56-57(55-64-58(61)52-49-46-43-40-37-21-18-15-12-9-6-3)66-60(63)54-51-48-45-42-39-36-34-31-29-27-25-23-20-17-14-11-8-5-2/h7,9-10,12,16,18-19,21,24,26-27,29-32,34,40,43,57H,4-6,8,11,13-15,17,20,22-23,25,28,33,35-39,41-42,44-56H2,1-3H3/b10-7-,12-9-,19-16-,21-18-,26-24-,29-27-,32-30-,34-31-,43-40-. The van der Waals surface area contributed by atoms with Crippen molar-refractivity contribution in [3.05, 3.63) is 109 Å². The number of hydrogen-bond acceptors (Lipinski definition) is 6. The minimum atomic E-state index is -0.814. The van der Waals surface area contributed by atoms with Crippen LogP contribution in [0.3, 0.4) is 0 Å². The number of carbonyl (C=O) groups excluding carboxylic acids is 3. The van der Waals surface area contributed by atoms with Crippen LogP contribution in [0.25, 0.3) is 0 Å². The van der Waals surface area contributed by atoms with E-state index in [2.05, 4.69) is 130 Å². The summed E-state index contributed by atoms with van der Waals surface area (Å²) in [6.07, 6.45) is 72.3. The Morgan fingerprint density at radius 1 is 0.333 bits per heavy atom. The second-order valence-corrected chi connectivity index (χ2v) is 17.4. The van der Waals surface area contributed by atoms with Gasteiger partial charge in [0.1, 0.15) is 13.2 Å². The van der Waals surface area contributed by atoms with E-state index in [0.29, 0.717) is 19.3 Å². The molecule has 0 N–H and O–H groups in total. The smallest absolute Gasteiger partial charge is 0.306 e. The van der Waals surface area contributed by atoms with Gasteiger partial charge in [0.25, 0.3) is 0 Å². The highest BCUT2D eigenvalue weighted by Crippen LogP contribution is 2.13. The summed E-state index contributed by atoms with van der Waals surface area (Å²) >= 11 is 0. The summed E-state index contributed by atoms with van der Waals surface area (Å²) in [5, 5.41) is 0. The van der Waals surface area contributed by atoms with Crippen LogP contribution in [-0.4, -0.2) is 37.2 Å². The van der Waals surface area contributed by atoms with Gasteiger partial charge >= 0.3 is 17.9 Å². The Kier molecular flexibility index (Phi) is 50.5. The van der Waals surface area contributed by atoms with Crippen molar-refractivity contribution in [3.63, 3.8) is 0 Å². The van der Waals surface area contributed by atoms with Crippen LogP contribution in [0.1, 0.15) is 233 Å². The molecule has 0 amide bonds. The SMILES string of the molecule is CC/C=C\C/C=C\C/C=C\C/C=C\CCCCCCCCC(=O)OCC(COC(=O)CCC/C=C\C/C=C\C/C=C\CC)OC(=O)CCCCCCC/C=C\C=C/CCCCCCCCC. The Bertz CT molecular complexity index is 1370. The van der Waals surface area contributed by atoms with E-state index in [1.165, 1.54) is 64.2 Å². The third-order valence-electron chi connectivity index (χ3n) is 11.0. The molecule has 0 spiro atoms. The number of carbonyl (C=O) groups is 3. The molecule has 0 aliphatic heterocycles. The predicted octanol–water partition coefficient (Wildman–Crippen LogP) is 17.9. The third-order valence-corrected chi connectivity index (χ3v) is 11.0. The first-order valence-corrected chi connectivity index (χ1v) is 26.9. The van der Waals surface area contributed by atoms with Crippen LogP contribution >= 0.6 is 0 Å². The normalized spacial score (nSPS) is 13.0. The molecule has 0 aromatic rings. The molecule has 0 aromatic carbocycles. The molecular formula is C60H98O6. The molecule has 0 aromatic heterocycles. The number of hydrogen-bond donors (Lipinski definition) is 0. The van der Waals surface area contributed by atoms with Gasteiger partial charge in [-0.25, -0.2) is 0 Å². The van der Waals surface area contributed by atoms with Gasteiger partial charge in [0.2, 0.25) is 0 Å². The number of unbranched alkanes of at least 4 members (excludes halogenated alkanes) is 19. The number of allylic oxidation sites excluding steroid dienone is 18. The zero-order valence-electron chi connectivity index (χ0n) is 42.7. The molecule has 0 saturated heterocycles. The van der Waals surface area contributed by atoms with E-state index in [9.17, 15) is 14.4 Å². The van der Waals surface area contributed by atoms with Crippen LogP contribution in [-0.2, 0) is 28.6 Å². The van der Waals surface area contributed by atoms with Crippen molar-refractivity contribution in [1.29, 1.82) is 0 Å². The molecular weight excluding hydrogens is 817 g/mol. The van der Waals surface area contributed by atoms with E-state index in [1.54, 1.807) is 0 Å². The van der Waals surface area contributed by atoms with E-state index >= 15 is 0 Å². The fraction of sp³-hybridized carbons (Fsp3) is 0.650. The summed E-state index contributed by atoms with van der Waals surface area (Å²) in [5.41, 5.74) is 0. The topological polar surface area (TPSA) is 78.9 Å². The molecule has 0 heterocycles. The zero-order valence-corrected chi connectivity index (χ0v) is 42.7. The third kappa shape index (κ3) is 51.1. The monoisotopic (exact) mass is 915 g/mol. The molecule has 374 valence electrons. The van der Waals surface area contributed by atoms with Crippen LogP contribution in [0.15, 0.2) is 109 Å². The number of rotatable bonds is 47. The first kappa shape index (κ1) is 62.1. The van der Waals surface area contributed by atoms with Crippen LogP contribution in [0.2, 0.25) is 0 Å². The Labute approximate surface area is 406 Å². The lowest BCUT2D eigenvalue weighted by Gasteiger charge is -2.18. The minimum Gasteiger partial charge on any atom is -0.462 e. The fourth-order valence-corrected chi connectivity index (χ4v) is 7.03. The summed E-state index contributed by atoms with van der Waals surface area (Å²) in [4.78, 5) is 38.0. The van der Waals surface area contributed by atoms with Crippen molar-refractivity contribution in [2.45, 2.75) is 239 Å². The zero-order chi connectivity index (χ0) is 47.9. The highest BCUT2D eigenvalue weighted by atomic mass is 16.6. The highest BCUT2D eigenvalue weighted by molar-refractivity contribution is 5.71. The molecule has 1 unspecified atom stereocenters. The van der Waals surface area contributed by atoms with Gasteiger partial charge in [-0.2, -0.15) is 0 Å². The quantitative estimate of drug-likeness (QED) is 0.0199. The molecule has 6 nitrogen and oxygen atoms in total. The maximum absolute atomic E-state index is 12.8. The first-order chi connectivity index (χ1) is 32.5. The van der Waals surface area contributed by atoms with E-state index in [-0.39, 0.29) is 37.5 Å². The fourth-order valence-electron chi connectivity index (χ4n) is 7.03. The van der Waals surface area contributed by atoms with E-state index in [1.807, 2.05) is 0 Å². The molecule has 6 heteroatoms. The summed E-state index contributed by atoms with van der Waals surface area (Å²) < 4.78 is 16.7. The van der Waals surface area contributed by atoms with Gasteiger partial charge in [-0.05, 0) is 109 Å². The molecule has 0 radical (unpaired) electrons. The second-order valence-electron chi connectivity index (χ2n) is 17.4. The molecule has 0 aliphatic rings. The molecule has 66 heavy (non-hydrogen) atoms. The number of ether oxygens (including phenoxy) is 3. The number of esters is 3. The van der Waals surface area contributed by atoms with Crippen LogP contribution in [0, 0.1) is 0 Å². The minimum absolute atomic E-state index is 0.110. The Balaban J connectivity index is 4.46. The summed E-state index contributed by atoms with van der Waals surface area (Å²) in [5.74, 6) is -0.998. The largest absolute Gasteiger partial charge is 0.462 e. The van der Waals surface area contributed by atoms with Crippen molar-refractivity contribution in [3.8, 4) is 0 Å². The van der Waals surface area contributed by atoms with Crippen molar-refractivity contribution < 1.29 is 28.6 Å². The van der Waals surface area contributed by atoms with E-state index in [4.69, 9.17) is 14.2 Å². The van der Waals surface area contributed by atoms with Crippen molar-refractivity contribution in [2.24, 2.45) is 0 Å². The molecule has 0 saturated carbocycles. The van der Waals surface area contributed by atoms with Gasteiger partial charge in [-0.15, -0.1) is 0 Å². The van der Waals surface area contributed by atoms with Gasteiger partial charge in [0.15, 0.2) is 6.10 Å². The van der Waals surface area contributed by atoms with Gasteiger partial charge in [0, 0.05) is 19.3 Å². The van der Waals surface area contributed by atoms with Crippen molar-refractivity contribution >= 4 is 17.9 Å². The Morgan fingerprint density at radius 2 is 0.652 bits per heavy atom. The summed E-state index contributed by atoms with van der Waals surface area (Å²) in [6, 6.07) is 0. The second kappa shape index (κ2) is 53.7. The van der Waals surface area contributed by atoms with E-state index < -0.39 is 6.10 Å². The average Bonchev–Trinajstić information content (AvgIpc) is 3.31. The lowest BCUT2D eigenvalue weighted by atomic mass is 10.1. The molecule has 0 bridgehead atoms. The molecule has 0 fully saturated rings. The molecule has 1 atom stereocenters. The lowest BCUT2D eigenvalue weighted by molar-refractivity contribution is -0.167.